The molecule has 0 fully saturated rings. The summed E-state index contributed by atoms with van der Waals surface area (Å²) in [5.74, 6) is 0. The van der Waals surface area contributed by atoms with Crippen LogP contribution in [-0.4, -0.2) is 4.57 Å². The van der Waals surface area contributed by atoms with Crippen LogP contribution in [0.5, 0.6) is 0 Å². The van der Waals surface area contributed by atoms with Gasteiger partial charge < -0.3 is 9.47 Å². The number of fused-ring (bicyclic) bond motifs is 6. The van der Waals surface area contributed by atoms with Gasteiger partial charge in [-0.3, -0.25) is 0 Å². The van der Waals surface area contributed by atoms with Crippen LogP contribution in [0.3, 0.4) is 0 Å². The van der Waals surface area contributed by atoms with Crippen molar-refractivity contribution in [2.24, 2.45) is 0 Å². The van der Waals surface area contributed by atoms with Crippen LogP contribution < -0.4 is 4.90 Å². The zero-order chi connectivity index (χ0) is 46.4. The first kappa shape index (κ1) is 41.0. The van der Waals surface area contributed by atoms with E-state index >= 15 is 0 Å². The predicted molar refractivity (Wildman–Crippen MR) is 298 cm³/mol. The van der Waals surface area contributed by atoms with E-state index < -0.39 is 0 Å². The van der Waals surface area contributed by atoms with Gasteiger partial charge >= 0.3 is 0 Å². The second-order valence-corrected chi connectivity index (χ2v) is 18.0. The first-order chi connectivity index (χ1) is 34.7. The number of hydrogen-bond acceptors (Lipinski definition) is 1. The lowest BCUT2D eigenvalue weighted by atomic mass is 9.88. The minimum Gasteiger partial charge on any atom is -0.310 e. The number of aromatic nitrogens is 1. The van der Waals surface area contributed by atoms with E-state index in [9.17, 15) is 0 Å². The lowest BCUT2D eigenvalue weighted by Crippen LogP contribution is -2.11. The van der Waals surface area contributed by atoms with Gasteiger partial charge in [0.15, 0.2) is 0 Å². The topological polar surface area (TPSA) is 8.17 Å². The molecule has 0 aliphatic rings. The highest BCUT2D eigenvalue weighted by molar-refractivity contribution is 6.10. The highest BCUT2D eigenvalue weighted by atomic mass is 15.1. The zero-order valence-electron chi connectivity index (χ0n) is 38.5. The Hall–Kier alpha value is -9.24. The van der Waals surface area contributed by atoms with Crippen LogP contribution in [-0.2, 0) is 0 Å². The average Bonchev–Trinajstić information content (AvgIpc) is 3.78. The number of nitrogens with zero attached hydrogens (tertiary/aromatic N) is 2. The van der Waals surface area contributed by atoms with Crippen LogP contribution >= 0.6 is 0 Å². The molecule has 70 heavy (non-hydrogen) atoms. The zero-order valence-corrected chi connectivity index (χ0v) is 38.5. The first-order valence-electron chi connectivity index (χ1n) is 24.1. The summed E-state index contributed by atoms with van der Waals surface area (Å²) in [6, 6.07) is 102. The third kappa shape index (κ3) is 7.22. The largest absolute Gasteiger partial charge is 0.310 e. The highest BCUT2D eigenvalue weighted by Crippen LogP contribution is 2.46. The molecule has 0 aliphatic heterocycles. The molecule has 0 saturated heterocycles. The molecule has 0 amide bonds. The third-order valence-electron chi connectivity index (χ3n) is 14.0. The standard InChI is InChI=1S/C68H46N2/c1-2-17-49(18-3-1)58-23-6-7-24-60(58)61-25-8-9-26-62(61)63-27-10-13-30-66(63)69(55-42-37-48(38-43-55)52-39-44-59-53(45-52)34-33-50-19-4-5-22-57(50)59)54-40-35-47(36-41-54)51-20-16-21-56(46-51)70-67-31-14-11-28-64(67)65-29-12-15-32-68(65)70/h1-46H. The molecule has 2 heteroatoms. The molecule has 0 aliphatic carbocycles. The molecule has 1 aromatic heterocycles. The van der Waals surface area contributed by atoms with Gasteiger partial charge in [0, 0.05) is 33.4 Å². The molecule has 13 rings (SSSR count). The van der Waals surface area contributed by atoms with E-state index in [-0.39, 0.29) is 0 Å². The van der Waals surface area contributed by atoms with E-state index in [0.29, 0.717) is 0 Å². The number of benzene rings is 12. The normalized spacial score (nSPS) is 11.4. The second kappa shape index (κ2) is 17.4. The number of rotatable bonds is 9. The maximum Gasteiger partial charge on any atom is 0.0541 e. The van der Waals surface area contributed by atoms with Gasteiger partial charge in [-0.25, -0.2) is 0 Å². The van der Waals surface area contributed by atoms with Gasteiger partial charge in [-0.15, -0.1) is 0 Å². The molecule has 0 bridgehead atoms. The molecule has 0 radical (unpaired) electrons. The maximum absolute atomic E-state index is 2.42. The first-order valence-corrected chi connectivity index (χ1v) is 24.1. The molecular formula is C68H46N2. The lowest BCUT2D eigenvalue weighted by molar-refractivity contribution is 1.18. The van der Waals surface area contributed by atoms with Crippen LogP contribution in [0.4, 0.5) is 17.1 Å². The summed E-state index contributed by atoms with van der Waals surface area (Å²) in [5, 5.41) is 7.57. The Morgan fingerprint density at radius 3 is 1.37 bits per heavy atom. The molecule has 0 unspecified atom stereocenters. The van der Waals surface area contributed by atoms with Gasteiger partial charge in [0.05, 0.1) is 16.7 Å². The Kier molecular flexibility index (Phi) is 10.2. The smallest absolute Gasteiger partial charge is 0.0541 e. The third-order valence-corrected chi connectivity index (χ3v) is 14.0. The minimum absolute atomic E-state index is 1.07. The second-order valence-electron chi connectivity index (χ2n) is 18.0. The summed E-state index contributed by atoms with van der Waals surface area (Å²) in [5.41, 5.74) is 18.6. The van der Waals surface area contributed by atoms with Crippen molar-refractivity contribution < 1.29 is 0 Å². The molecule has 1 heterocycles. The van der Waals surface area contributed by atoms with E-state index in [0.717, 1.165) is 39.4 Å². The Balaban J connectivity index is 0.928. The van der Waals surface area contributed by atoms with Gasteiger partial charge in [0.25, 0.3) is 0 Å². The molecule has 0 atom stereocenters. The van der Waals surface area contributed by atoms with Crippen LogP contribution in [0.2, 0.25) is 0 Å². The van der Waals surface area contributed by atoms with Crippen LogP contribution in [0.1, 0.15) is 0 Å². The molecule has 0 saturated carbocycles. The Bertz CT molecular complexity index is 4000. The Labute approximate surface area is 408 Å². The molecule has 12 aromatic carbocycles. The van der Waals surface area contributed by atoms with E-state index in [2.05, 4.69) is 289 Å². The van der Waals surface area contributed by atoms with Crippen molar-refractivity contribution in [3.63, 3.8) is 0 Å². The van der Waals surface area contributed by atoms with E-state index in [4.69, 9.17) is 0 Å². The lowest BCUT2D eigenvalue weighted by Gasteiger charge is -2.29. The number of para-hydroxylation sites is 3. The quantitative estimate of drug-likeness (QED) is 0.131. The average molecular weight is 891 g/mol. The van der Waals surface area contributed by atoms with Gasteiger partial charge in [0.1, 0.15) is 0 Å². The van der Waals surface area contributed by atoms with Crippen molar-refractivity contribution in [2.75, 3.05) is 4.90 Å². The van der Waals surface area contributed by atoms with Crippen molar-refractivity contribution in [3.8, 4) is 61.3 Å². The fraction of sp³-hybridized carbons (Fsp3) is 0. The Morgan fingerprint density at radius 2 is 0.700 bits per heavy atom. The summed E-state index contributed by atoms with van der Waals surface area (Å²) in [4.78, 5) is 2.42. The molecule has 2 nitrogen and oxygen atoms in total. The van der Waals surface area contributed by atoms with Crippen LogP contribution in [0, 0.1) is 0 Å². The van der Waals surface area contributed by atoms with Gasteiger partial charge in [0.2, 0.25) is 0 Å². The Morgan fingerprint density at radius 1 is 0.243 bits per heavy atom. The fourth-order valence-electron chi connectivity index (χ4n) is 10.7. The number of anilines is 3. The van der Waals surface area contributed by atoms with E-state index in [1.165, 1.54) is 82.3 Å². The van der Waals surface area contributed by atoms with Crippen molar-refractivity contribution in [1.82, 2.24) is 4.57 Å². The molecule has 13 aromatic rings. The summed E-state index contributed by atoms with van der Waals surface area (Å²) in [6.45, 7) is 0. The maximum atomic E-state index is 2.42. The summed E-state index contributed by atoms with van der Waals surface area (Å²) >= 11 is 0. The van der Waals surface area contributed by atoms with Crippen molar-refractivity contribution in [1.29, 1.82) is 0 Å². The monoisotopic (exact) mass is 890 g/mol. The van der Waals surface area contributed by atoms with Gasteiger partial charge in [-0.05, 0) is 132 Å². The predicted octanol–water partition coefficient (Wildman–Crippen LogP) is 18.9. The number of hydrogen-bond donors (Lipinski definition) is 0. The van der Waals surface area contributed by atoms with E-state index in [1.54, 1.807) is 0 Å². The fourth-order valence-corrected chi connectivity index (χ4v) is 10.7. The van der Waals surface area contributed by atoms with Gasteiger partial charge in [-0.1, -0.05) is 218 Å². The van der Waals surface area contributed by atoms with Crippen molar-refractivity contribution >= 4 is 60.4 Å². The molecular weight excluding hydrogens is 845 g/mol. The highest BCUT2D eigenvalue weighted by Gasteiger charge is 2.21. The van der Waals surface area contributed by atoms with Gasteiger partial charge in [-0.2, -0.15) is 0 Å². The molecule has 0 spiro atoms. The molecule has 0 N–H and O–H groups in total. The molecule has 328 valence electrons. The van der Waals surface area contributed by atoms with Crippen molar-refractivity contribution in [3.05, 3.63) is 279 Å². The summed E-state index contributed by atoms with van der Waals surface area (Å²) in [7, 11) is 0. The minimum atomic E-state index is 1.07. The van der Waals surface area contributed by atoms with Crippen LogP contribution in [0.15, 0.2) is 279 Å². The van der Waals surface area contributed by atoms with Crippen LogP contribution in [0.25, 0.3) is 105 Å². The van der Waals surface area contributed by atoms with E-state index in [1.807, 2.05) is 0 Å². The summed E-state index contributed by atoms with van der Waals surface area (Å²) < 4.78 is 2.39. The van der Waals surface area contributed by atoms with Crippen molar-refractivity contribution in [2.45, 2.75) is 0 Å². The summed E-state index contributed by atoms with van der Waals surface area (Å²) in [6.07, 6.45) is 0. The SMILES string of the molecule is c1ccc(-c2ccccc2-c2ccccc2-c2ccccc2N(c2ccc(-c3cccc(-n4c5ccccc5c5ccccc54)c3)cc2)c2ccc(-c3ccc4c(ccc5ccccc54)c3)cc2)cc1.